The van der Waals surface area contributed by atoms with Gasteiger partial charge in [-0.2, -0.15) is 0 Å². The van der Waals surface area contributed by atoms with E-state index in [0.29, 0.717) is 11.3 Å². The van der Waals surface area contributed by atoms with Gasteiger partial charge in [0, 0.05) is 11.5 Å². The Morgan fingerprint density at radius 1 is 0.828 bits per heavy atom. The lowest BCUT2D eigenvalue weighted by atomic mass is 9.68. The molecule has 1 aliphatic carbocycles. The summed E-state index contributed by atoms with van der Waals surface area (Å²) in [5.74, 6) is 1.31. The molecule has 2 fully saturated rings. The number of hydrogen-bond donors (Lipinski definition) is 0. The second-order valence-corrected chi connectivity index (χ2v) is 10.1. The van der Waals surface area contributed by atoms with Crippen LogP contribution in [-0.2, 0) is 9.47 Å². The van der Waals surface area contributed by atoms with Gasteiger partial charge in [-0.1, -0.05) is 83.6 Å². The summed E-state index contributed by atoms with van der Waals surface area (Å²) in [6.07, 6.45) is 15.9. The highest BCUT2D eigenvalue weighted by Gasteiger charge is 2.31. The fourth-order valence-corrected chi connectivity index (χ4v) is 5.37. The van der Waals surface area contributed by atoms with Crippen LogP contribution >= 0.6 is 0 Å². The lowest BCUT2D eigenvalue weighted by molar-refractivity contribution is -0.206. The van der Waals surface area contributed by atoms with Gasteiger partial charge in [0.25, 0.3) is 0 Å². The zero-order valence-electron chi connectivity index (χ0n) is 19.3. The first-order valence-electron chi connectivity index (χ1n) is 12.5. The predicted octanol–water partition coefficient (Wildman–Crippen LogP) is 8.17. The van der Waals surface area contributed by atoms with Crippen LogP contribution in [0.5, 0.6) is 0 Å². The molecule has 29 heavy (non-hydrogen) atoms. The average Bonchev–Trinajstić information content (AvgIpc) is 2.75. The fraction of sp³-hybridized carbons (Fsp3) is 0.778. The van der Waals surface area contributed by atoms with Gasteiger partial charge in [0.05, 0.1) is 13.2 Å². The number of rotatable bonds is 10. The maximum absolute atomic E-state index is 6.07. The molecule has 0 aromatic heterocycles. The fourth-order valence-electron chi connectivity index (χ4n) is 5.37. The maximum atomic E-state index is 6.07. The summed E-state index contributed by atoms with van der Waals surface area (Å²) in [4.78, 5) is 0. The lowest BCUT2D eigenvalue weighted by Gasteiger charge is -2.37. The molecule has 2 heteroatoms. The van der Waals surface area contributed by atoms with Crippen molar-refractivity contribution in [1.29, 1.82) is 0 Å². The molecule has 0 atom stereocenters. The summed E-state index contributed by atoms with van der Waals surface area (Å²) in [5, 5.41) is 0. The van der Waals surface area contributed by atoms with Gasteiger partial charge in [0.15, 0.2) is 6.29 Å². The summed E-state index contributed by atoms with van der Waals surface area (Å²) in [7, 11) is 0. The molecule has 1 aromatic carbocycles. The molecule has 1 saturated heterocycles. The van der Waals surface area contributed by atoms with Crippen LogP contribution in [-0.4, -0.2) is 13.2 Å². The zero-order chi connectivity index (χ0) is 20.5. The Balaban J connectivity index is 1.41. The molecule has 0 bridgehead atoms. The molecule has 0 spiro atoms. The van der Waals surface area contributed by atoms with Gasteiger partial charge in [-0.15, -0.1) is 0 Å². The number of ether oxygens (including phenoxy) is 2. The SMILES string of the molecule is CCCCCCCC1COC(c2ccc(C3CCC(C)(CCC)CC3)cc2)OC1. The largest absolute Gasteiger partial charge is 0.348 e. The molecule has 0 amide bonds. The lowest BCUT2D eigenvalue weighted by Crippen LogP contribution is -2.27. The van der Waals surface area contributed by atoms with Crippen molar-refractivity contribution in [3.05, 3.63) is 35.4 Å². The minimum atomic E-state index is -0.167. The third-order valence-corrected chi connectivity index (χ3v) is 7.41. The molecule has 0 unspecified atom stereocenters. The molecule has 1 aliphatic heterocycles. The van der Waals surface area contributed by atoms with Crippen molar-refractivity contribution >= 4 is 0 Å². The predicted molar refractivity (Wildman–Crippen MR) is 122 cm³/mol. The van der Waals surface area contributed by atoms with E-state index < -0.39 is 0 Å². The molecule has 1 saturated carbocycles. The van der Waals surface area contributed by atoms with Gasteiger partial charge in [-0.25, -0.2) is 0 Å². The highest BCUT2D eigenvalue weighted by molar-refractivity contribution is 5.26. The Bertz CT molecular complexity index is 563. The molecular weight excluding hydrogens is 356 g/mol. The second-order valence-electron chi connectivity index (χ2n) is 10.1. The molecule has 2 aliphatic rings. The molecular formula is C27H44O2. The zero-order valence-corrected chi connectivity index (χ0v) is 19.3. The van der Waals surface area contributed by atoms with Crippen molar-refractivity contribution in [3.8, 4) is 0 Å². The summed E-state index contributed by atoms with van der Waals surface area (Å²) in [5.41, 5.74) is 3.27. The van der Waals surface area contributed by atoms with Crippen molar-refractivity contribution < 1.29 is 9.47 Å². The topological polar surface area (TPSA) is 18.5 Å². The van der Waals surface area contributed by atoms with Gasteiger partial charge in [-0.05, 0) is 55.4 Å². The summed E-state index contributed by atoms with van der Waals surface area (Å²) >= 11 is 0. The summed E-state index contributed by atoms with van der Waals surface area (Å²) < 4.78 is 12.1. The minimum absolute atomic E-state index is 0.167. The molecule has 0 N–H and O–H groups in total. The normalized spacial score (nSPS) is 30.4. The summed E-state index contributed by atoms with van der Waals surface area (Å²) in [6, 6.07) is 9.14. The monoisotopic (exact) mass is 400 g/mol. The maximum Gasteiger partial charge on any atom is 0.183 e. The van der Waals surface area contributed by atoms with E-state index >= 15 is 0 Å². The van der Waals surface area contributed by atoms with Gasteiger partial charge >= 0.3 is 0 Å². The molecule has 164 valence electrons. The van der Waals surface area contributed by atoms with Crippen LogP contribution in [0.2, 0.25) is 0 Å². The van der Waals surface area contributed by atoms with Gasteiger partial charge in [0.1, 0.15) is 0 Å². The van der Waals surface area contributed by atoms with Crippen LogP contribution < -0.4 is 0 Å². The second kappa shape index (κ2) is 11.5. The van der Waals surface area contributed by atoms with E-state index in [0.717, 1.165) is 19.1 Å². The standard InChI is InChI=1S/C27H44O2/c1-4-6-7-8-9-10-22-20-28-26(29-21-22)25-13-11-23(12-14-25)24-15-18-27(3,17-5-2)19-16-24/h11-14,22,24,26H,4-10,15-21H2,1-3H3. The van der Waals surface area contributed by atoms with Gasteiger partial charge in [0.2, 0.25) is 0 Å². The Labute approximate surface area is 179 Å². The van der Waals surface area contributed by atoms with E-state index in [1.165, 1.54) is 88.2 Å². The Morgan fingerprint density at radius 2 is 1.45 bits per heavy atom. The van der Waals surface area contributed by atoms with Gasteiger partial charge < -0.3 is 9.47 Å². The van der Waals surface area contributed by atoms with Crippen LogP contribution in [0.1, 0.15) is 121 Å². The van der Waals surface area contributed by atoms with Crippen molar-refractivity contribution in [2.45, 2.75) is 110 Å². The van der Waals surface area contributed by atoms with Crippen molar-refractivity contribution in [2.75, 3.05) is 13.2 Å². The van der Waals surface area contributed by atoms with Crippen molar-refractivity contribution in [2.24, 2.45) is 11.3 Å². The smallest absolute Gasteiger partial charge is 0.183 e. The van der Waals surface area contributed by atoms with E-state index in [2.05, 4.69) is 45.0 Å². The van der Waals surface area contributed by atoms with Gasteiger partial charge in [-0.3, -0.25) is 0 Å². The van der Waals surface area contributed by atoms with E-state index in [4.69, 9.17) is 9.47 Å². The first-order chi connectivity index (χ1) is 14.1. The first kappa shape index (κ1) is 22.8. The molecule has 0 radical (unpaired) electrons. The summed E-state index contributed by atoms with van der Waals surface area (Å²) in [6.45, 7) is 8.78. The van der Waals surface area contributed by atoms with Crippen LogP contribution in [0.15, 0.2) is 24.3 Å². The highest BCUT2D eigenvalue weighted by atomic mass is 16.7. The van der Waals surface area contributed by atoms with Crippen LogP contribution in [0.3, 0.4) is 0 Å². The van der Waals surface area contributed by atoms with Crippen LogP contribution in [0, 0.1) is 11.3 Å². The molecule has 1 aromatic rings. The molecule has 3 rings (SSSR count). The minimum Gasteiger partial charge on any atom is -0.348 e. The number of unbranched alkanes of at least 4 members (excludes halogenated alkanes) is 4. The van der Waals surface area contributed by atoms with Crippen LogP contribution in [0.25, 0.3) is 0 Å². The number of benzene rings is 1. The van der Waals surface area contributed by atoms with E-state index in [1.807, 2.05) is 0 Å². The highest BCUT2D eigenvalue weighted by Crippen LogP contribution is 2.45. The molecule has 2 nitrogen and oxygen atoms in total. The molecule has 1 heterocycles. The van der Waals surface area contributed by atoms with E-state index in [1.54, 1.807) is 0 Å². The quantitative estimate of drug-likeness (QED) is 0.369. The van der Waals surface area contributed by atoms with Crippen LogP contribution in [0.4, 0.5) is 0 Å². The Kier molecular flexibility index (Phi) is 9.06. The average molecular weight is 401 g/mol. The first-order valence-corrected chi connectivity index (χ1v) is 12.5. The Morgan fingerprint density at radius 3 is 2.07 bits per heavy atom. The van der Waals surface area contributed by atoms with Crippen molar-refractivity contribution in [1.82, 2.24) is 0 Å². The third-order valence-electron chi connectivity index (χ3n) is 7.41. The van der Waals surface area contributed by atoms with Crippen molar-refractivity contribution in [3.63, 3.8) is 0 Å². The third kappa shape index (κ3) is 6.82. The van der Waals surface area contributed by atoms with E-state index in [9.17, 15) is 0 Å². The van der Waals surface area contributed by atoms with E-state index in [-0.39, 0.29) is 6.29 Å². The number of hydrogen-bond acceptors (Lipinski definition) is 2. The Hall–Kier alpha value is -0.860.